The summed E-state index contributed by atoms with van der Waals surface area (Å²) in [6.45, 7) is 4.42. The molecule has 0 saturated carbocycles. The molecule has 20 heavy (non-hydrogen) atoms. The summed E-state index contributed by atoms with van der Waals surface area (Å²) in [4.78, 5) is 4.77. The van der Waals surface area contributed by atoms with Crippen molar-refractivity contribution in [3.63, 3.8) is 0 Å². The van der Waals surface area contributed by atoms with E-state index in [4.69, 9.17) is 16.6 Å². The first-order valence-corrected chi connectivity index (χ1v) is 8.63. The van der Waals surface area contributed by atoms with Crippen LogP contribution >= 0.6 is 35.1 Å². The van der Waals surface area contributed by atoms with E-state index < -0.39 is 0 Å². The fourth-order valence-corrected chi connectivity index (χ4v) is 3.81. The standard InChI is InChI=1S/C13H15ClN4S2/c1-7(2)9-5-6-19-13(15-9)16-11-8(14)3-4-10-12(11)18-20-17-10/h3-4,7,9H,5-6H2,1-2H3,(H,15,16). The van der Waals surface area contributed by atoms with Crippen LogP contribution in [0, 0.1) is 5.92 Å². The third kappa shape index (κ3) is 2.77. The highest BCUT2D eigenvalue weighted by molar-refractivity contribution is 8.14. The molecular formula is C13H15ClN4S2. The maximum absolute atomic E-state index is 6.29. The normalized spacial score (nSPS) is 19.4. The number of rotatable bonds is 2. The van der Waals surface area contributed by atoms with Crippen LogP contribution in [0.4, 0.5) is 5.69 Å². The zero-order chi connectivity index (χ0) is 14.1. The largest absolute Gasteiger partial charge is 0.332 e. The van der Waals surface area contributed by atoms with Crippen LogP contribution in [0.1, 0.15) is 20.3 Å². The Bertz CT molecular complexity index is 653. The summed E-state index contributed by atoms with van der Waals surface area (Å²) in [5, 5.41) is 4.93. The Morgan fingerprint density at radius 3 is 3.00 bits per heavy atom. The molecule has 4 nitrogen and oxygen atoms in total. The Morgan fingerprint density at radius 2 is 2.20 bits per heavy atom. The SMILES string of the molecule is CC(C)C1CCSC(Nc2c(Cl)ccc3nsnc23)=N1. The van der Waals surface area contributed by atoms with Gasteiger partial charge in [-0.3, -0.25) is 4.99 Å². The summed E-state index contributed by atoms with van der Waals surface area (Å²) in [6.07, 6.45) is 1.13. The smallest absolute Gasteiger partial charge is 0.161 e. The fourth-order valence-electron chi connectivity index (χ4n) is 2.13. The molecule has 106 valence electrons. The number of benzene rings is 1. The molecule has 0 spiro atoms. The summed E-state index contributed by atoms with van der Waals surface area (Å²) < 4.78 is 8.56. The van der Waals surface area contributed by atoms with Crippen molar-refractivity contribution in [2.45, 2.75) is 26.3 Å². The number of anilines is 1. The molecule has 7 heteroatoms. The Morgan fingerprint density at radius 1 is 1.35 bits per heavy atom. The molecule has 1 atom stereocenters. The number of hydrogen-bond donors (Lipinski definition) is 1. The monoisotopic (exact) mass is 326 g/mol. The fraction of sp³-hybridized carbons (Fsp3) is 0.462. The number of aliphatic imine (C=N–C) groups is 1. The van der Waals surface area contributed by atoms with Gasteiger partial charge >= 0.3 is 0 Å². The van der Waals surface area contributed by atoms with Crippen LogP contribution in [-0.4, -0.2) is 25.7 Å². The minimum atomic E-state index is 0.380. The average Bonchev–Trinajstić information content (AvgIpc) is 2.91. The van der Waals surface area contributed by atoms with Crippen LogP contribution in [0.15, 0.2) is 17.1 Å². The lowest BCUT2D eigenvalue weighted by Crippen LogP contribution is -2.24. The molecule has 2 aromatic rings. The molecule has 0 radical (unpaired) electrons. The molecule has 0 bridgehead atoms. The van der Waals surface area contributed by atoms with Gasteiger partial charge in [0.2, 0.25) is 0 Å². The van der Waals surface area contributed by atoms with Crippen molar-refractivity contribution in [3.05, 3.63) is 17.2 Å². The van der Waals surface area contributed by atoms with Gasteiger partial charge in [-0.05, 0) is 24.5 Å². The molecule has 0 fully saturated rings. The first kappa shape index (κ1) is 14.1. The summed E-state index contributed by atoms with van der Waals surface area (Å²) in [5.41, 5.74) is 2.50. The van der Waals surface area contributed by atoms with Crippen LogP contribution in [-0.2, 0) is 0 Å². The number of nitrogens with zero attached hydrogens (tertiary/aromatic N) is 3. The van der Waals surface area contributed by atoms with Crippen LogP contribution in [0.3, 0.4) is 0 Å². The summed E-state index contributed by atoms with van der Waals surface area (Å²) in [6, 6.07) is 4.12. The second kappa shape index (κ2) is 5.87. The zero-order valence-electron chi connectivity index (χ0n) is 11.3. The van der Waals surface area contributed by atoms with Gasteiger partial charge in [-0.25, -0.2) is 0 Å². The minimum Gasteiger partial charge on any atom is -0.332 e. The van der Waals surface area contributed by atoms with E-state index in [1.165, 1.54) is 11.7 Å². The van der Waals surface area contributed by atoms with E-state index in [0.717, 1.165) is 34.1 Å². The molecule has 1 N–H and O–H groups in total. The number of aromatic nitrogens is 2. The molecule has 3 rings (SSSR count). The van der Waals surface area contributed by atoms with E-state index in [9.17, 15) is 0 Å². The Balaban J connectivity index is 1.93. The van der Waals surface area contributed by atoms with Crippen molar-refractivity contribution in [2.75, 3.05) is 11.1 Å². The van der Waals surface area contributed by atoms with Crippen LogP contribution in [0.5, 0.6) is 0 Å². The molecule has 0 saturated heterocycles. The molecule has 1 aromatic carbocycles. The minimum absolute atomic E-state index is 0.380. The Kier molecular flexibility index (Phi) is 4.14. The Labute approximate surface area is 131 Å². The summed E-state index contributed by atoms with van der Waals surface area (Å²) in [7, 11) is 0. The molecular weight excluding hydrogens is 312 g/mol. The number of hydrogen-bond acceptors (Lipinski definition) is 6. The van der Waals surface area contributed by atoms with Crippen molar-refractivity contribution in [3.8, 4) is 0 Å². The van der Waals surface area contributed by atoms with E-state index in [1.54, 1.807) is 11.8 Å². The average molecular weight is 327 g/mol. The highest BCUT2D eigenvalue weighted by Crippen LogP contribution is 2.32. The summed E-state index contributed by atoms with van der Waals surface area (Å²) >= 11 is 9.22. The van der Waals surface area contributed by atoms with Crippen molar-refractivity contribution < 1.29 is 0 Å². The lowest BCUT2D eigenvalue weighted by atomic mass is 10.0. The molecule has 0 aliphatic carbocycles. The van der Waals surface area contributed by atoms with E-state index in [0.29, 0.717) is 17.0 Å². The first-order valence-electron chi connectivity index (χ1n) is 6.53. The molecule has 2 heterocycles. The van der Waals surface area contributed by atoms with E-state index >= 15 is 0 Å². The number of fused-ring (bicyclic) bond motifs is 1. The zero-order valence-corrected chi connectivity index (χ0v) is 13.6. The highest BCUT2D eigenvalue weighted by Gasteiger charge is 2.20. The first-order chi connectivity index (χ1) is 9.65. The van der Waals surface area contributed by atoms with Gasteiger partial charge in [-0.1, -0.05) is 37.2 Å². The maximum atomic E-state index is 6.29. The van der Waals surface area contributed by atoms with E-state index in [2.05, 4.69) is 27.9 Å². The molecule has 1 aliphatic heterocycles. The van der Waals surface area contributed by atoms with Gasteiger partial charge in [-0.15, -0.1) is 0 Å². The van der Waals surface area contributed by atoms with Gasteiger partial charge < -0.3 is 5.32 Å². The predicted octanol–water partition coefficient (Wildman–Crippen LogP) is 4.27. The van der Waals surface area contributed by atoms with Crippen molar-refractivity contribution in [1.29, 1.82) is 0 Å². The van der Waals surface area contributed by atoms with Crippen molar-refractivity contribution in [2.24, 2.45) is 10.9 Å². The summed E-state index contributed by atoms with van der Waals surface area (Å²) in [5.74, 6) is 1.64. The van der Waals surface area contributed by atoms with Crippen LogP contribution < -0.4 is 5.32 Å². The van der Waals surface area contributed by atoms with E-state index in [1.807, 2.05) is 12.1 Å². The number of thioether (sulfide) groups is 1. The second-order valence-electron chi connectivity index (χ2n) is 5.06. The van der Waals surface area contributed by atoms with Crippen LogP contribution in [0.2, 0.25) is 5.02 Å². The lowest BCUT2D eigenvalue weighted by molar-refractivity contribution is 0.485. The third-order valence-corrected chi connectivity index (χ3v) is 5.09. The quantitative estimate of drug-likeness (QED) is 0.895. The number of halogens is 1. The van der Waals surface area contributed by atoms with E-state index in [-0.39, 0.29) is 0 Å². The second-order valence-corrected chi connectivity index (χ2v) is 7.08. The van der Waals surface area contributed by atoms with Gasteiger partial charge in [0.25, 0.3) is 0 Å². The predicted molar refractivity (Wildman–Crippen MR) is 89.2 cm³/mol. The van der Waals surface area contributed by atoms with Gasteiger partial charge in [0.15, 0.2) is 5.17 Å². The lowest BCUT2D eigenvalue weighted by Gasteiger charge is -2.23. The molecule has 1 aromatic heterocycles. The highest BCUT2D eigenvalue weighted by atomic mass is 35.5. The molecule has 1 unspecified atom stereocenters. The van der Waals surface area contributed by atoms with Crippen molar-refractivity contribution in [1.82, 2.24) is 8.75 Å². The number of nitrogens with one attached hydrogen (secondary N) is 1. The Hall–Kier alpha value is -0.850. The van der Waals surface area contributed by atoms with Gasteiger partial charge in [0.05, 0.1) is 28.5 Å². The third-order valence-electron chi connectivity index (χ3n) is 3.31. The van der Waals surface area contributed by atoms with Gasteiger partial charge in [0, 0.05) is 5.75 Å². The van der Waals surface area contributed by atoms with Gasteiger partial charge in [-0.2, -0.15) is 8.75 Å². The maximum Gasteiger partial charge on any atom is 0.161 e. The van der Waals surface area contributed by atoms with Crippen LogP contribution in [0.25, 0.3) is 11.0 Å². The molecule has 0 amide bonds. The number of amidine groups is 1. The molecule has 1 aliphatic rings. The topological polar surface area (TPSA) is 50.2 Å². The van der Waals surface area contributed by atoms with Gasteiger partial charge in [0.1, 0.15) is 11.0 Å². The van der Waals surface area contributed by atoms with Crippen molar-refractivity contribution >= 4 is 57.0 Å².